The number of aryl methyl sites for hydroxylation is 1. The first-order chi connectivity index (χ1) is 9.54. The van der Waals surface area contributed by atoms with E-state index in [-0.39, 0.29) is 5.91 Å². The van der Waals surface area contributed by atoms with Crippen LogP contribution in [0.15, 0.2) is 28.7 Å². The van der Waals surface area contributed by atoms with Gasteiger partial charge < -0.3 is 10.2 Å². The Morgan fingerprint density at radius 3 is 2.75 bits per heavy atom. The number of likely N-dealkylation sites (tertiary alicyclic amines) is 1. The van der Waals surface area contributed by atoms with Gasteiger partial charge in [0.25, 0.3) is 0 Å². The van der Waals surface area contributed by atoms with Gasteiger partial charge in [0, 0.05) is 29.5 Å². The average Bonchev–Trinajstić information content (AvgIpc) is 2.42. The topological polar surface area (TPSA) is 32.3 Å². The molecule has 1 amide bonds. The molecule has 0 aliphatic carbocycles. The van der Waals surface area contributed by atoms with Crippen LogP contribution in [0.5, 0.6) is 0 Å². The van der Waals surface area contributed by atoms with E-state index in [0.717, 1.165) is 30.3 Å². The summed E-state index contributed by atoms with van der Waals surface area (Å²) in [6, 6.07) is 9.07. The summed E-state index contributed by atoms with van der Waals surface area (Å²) in [4.78, 5) is 14.4. The number of rotatable bonds is 4. The highest BCUT2D eigenvalue weighted by Gasteiger charge is 2.23. The Kier molecular flexibility index (Phi) is 5.61. The molecular formula is C16H23BrN2O. The standard InChI is InChI=1S/C16H23BrN2O/c1-12-11-15(9-10-19(12)2)18-16(20)8-5-13-3-6-14(17)7-4-13/h3-4,6-7,12,15H,5,8-11H2,1-2H3,(H,18,20). The molecule has 1 aliphatic heterocycles. The molecule has 0 saturated carbocycles. The highest BCUT2D eigenvalue weighted by atomic mass is 79.9. The zero-order valence-corrected chi connectivity index (χ0v) is 13.8. The fourth-order valence-electron chi connectivity index (χ4n) is 2.63. The Morgan fingerprint density at radius 2 is 2.10 bits per heavy atom. The molecule has 1 aromatic carbocycles. The minimum atomic E-state index is 0.176. The minimum Gasteiger partial charge on any atom is -0.353 e. The maximum Gasteiger partial charge on any atom is 0.220 e. The second kappa shape index (κ2) is 7.23. The van der Waals surface area contributed by atoms with Crippen LogP contribution in [0.2, 0.25) is 0 Å². The second-order valence-corrected chi connectivity index (χ2v) is 6.66. The summed E-state index contributed by atoms with van der Waals surface area (Å²) in [7, 11) is 2.15. The van der Waals surface area contributed by atoms with Crippen molar-refractivity contribution in [3.63, 3.8) is 0 Å². The van der Waals surface area contributed by atoms with Gasteiger partial charge in [-0.1, -0.05) is 28.1 Å². The molecule has 1 aromatic rings. The Hall–Kier alpha value is -0.870. The number of nitrogens with one attached hydrogen (secondary N) is 1. The molecule has 0 radical (unpaired) electrons. The van der Waals surface area contributed by atoms with Crippen LogP contribution in [0, 0.1) is 0 Å². The van der Waals surface area contributed by atoms with Crippen LogP contribution in [-0.4, -0.2) is 36.5 Å². The zero-order chi connectivity index (χ0) is 14.5. The quantitative estimate of drug-likeness (QED) is 0.915. The van der Waals surface area contributed by atoms with Crippen molar-refractivity contribution in [1.29, 1.82) is 0 Å². The number of hydrogen-bond donors (Lipinski definition) is 1. The Balaban J connectivity index is 1.74. The number of halogens is 1. The number of hydrogen-bond acceptors (Lipinski definition) is 2. The molecule has 1 saturated heterocycles. The first-order valence-electron chi connectivity index (χ1n) is 7.28. The largest absolute Gasteiger partial charge is 0.353 e. The van der Waals surface area contributed by atoms with E-state index in [4.69, 9.17) is 0 Å². The van der Waals surface area contributed by atoms with E-state index in [2.05, 4.69) is 52.3 Å². The Morgan fingerprint density at radius 1 is 1.40 bits per heavy atom. The number of nitrogens with zero attached hydrogens (tertiary/aromatic N) is 1. The smallest absolute Gasteiger partial charge is 0.220 e. The van der Waals surface area contributed by atoms with Crippen molar-refractivity contribution in [3.8, 4) is 0 Å². The number of benzene rings is 1. The Labute approximate surface area is 129 Å². The van der Waals surface area contributed by atoms with Crippen molar-refractivity contribution in [1.82, 2.24) is 10.2 Å². The molecule has 1 N–H and O–H groups in total. The van der Waals surface area contributed by atoms with Crippen LogP contribution in [0.1, 0.15) is 31.7 Å². The molecule has 0 spiro atoms. The lowest BCUT2D eigenvalue weighted by Gasteiger charge is -2.35. The minimum absolute atomic E-state index is 0.176. The van der Waals surface area contributed by atoms with Crippen molar-refractivity contribution in [2.75, 3.05) is 13.6 Å². The lowest BCUT2D eigenvalue weighted by Crippen LogP contribution is -2.47. The molecule has 1 fully saturated rings. The number of piperidine rings is 1. The highest BCUT2D eigenvalue weighted by molar-refractivity contribution is 9.10. The van der Waals surface area contributed by atoms with E-state index in [1.807, 2.05) is 12.1 Å². The molecule has 0 bridgehead atoms. The molecule has 20 heavy (non-hydrogen) atoms. The summed E-state index contributed by atoms with van der Waals surface area (Å²) in [5.74, 6) is 0.176. The van der Waals surface area contributed by atoms with E-state index in [9.17, 15) is 4.79 Å². The van der Waals surface area contributed by atoms with Crippen LogP contribution in [0.3, 0.4) is 0 Å². The lowest BCUT2D eigenvalue weighted by atomic mass is 9.98. The summed E-state index contributed by atoms with van der Waals surface area (Å²) in [5.41, 5.74) is 1.21. The molecule has 1 heterocycles. The SMILES string of the molecule is CC1CC(NC(=O)CCc2ccc(Br)cc2)CCN1C. The molecule has 110 valence electrons. The predicted molar refractivity (Wildman–Crippen MR) is 85.7 cm³/mol. The van der Waals surface area contributed by atoms with Gasteiger partial charge in [0.2, 0.25) is 5.91 Å². The molecule has 2 rings (SSSR count). The van der Waals surface area contributed by atoms with Crippen LogP contribution in [0.4, 0.5) is 0 Å². The van der Waals surface area contributed by atoms with Gasteiger partial charge in [0.15, 0.2) is 0 Å². The number of amides is 1. The van der Waals surface area contributed by atoms with E-state index in [0.29, 0.717) is 18.5 Å². The summed E-state index contributed by atoms with van der Waals surface area (Å²) in [6.45, 7) is 3.29. The van der Waals surface area contributed by atoms with Crippen molar-refractivity contribution in [2.24, 2.45) is 0 Å². The van der Waals surface area contributed by atoms with Crippen molar-refractivity contribution in [3.05, 3.63) is 34.3 Å². The van der Waals surface area contributed by atoms with E-state index in [1.54, 1.807) is 0 Å². The van der Waals surface area contributed by atoms with Gasteiger partial charge in [-0.05, 0) is 50.9 Å². The van der Waals surface area contributed by atoms with Crippen LogP contribution < -0.4 is 5.32 Å². The molecule has 0 aromatic heterocycles. The van der Waals surface area contributed by atoms with E-state index in [1.165, 1.54) is 5.56 Å². The van der Waals surface area contributed by atoms with Crippen molar-refractivity contribution < 1.29 is 4.79 Å². The Bertz CT molecular complexity index is 446. The maximum absolute atomic E-state index is 12.0. The van der Waals surface area contributed by atoms with Crippen LogP contribution >= 0.6 is 15.9 Å². The van der Waals surface area contributed by atoms with Gasteiger partial charge in [-0.15, -0.1) is 0 Å². The fourth-order valence-corrected chi connectivity index (χ4v) is 2.89. The van der Waals surface area contributed by atoms with Crippen LogP contribution in [-0.2, 0) is 11.2 Å². The fraction of sp³-hybridized carbons (Fsp3) is 0.562. The average molecular weight is 339 g/mol. The third kappa shape index (κ3) is 4.60. The van der Waals surface area contributed by atoms with Gasteiger partial charge in [0.1, 0.15) is 0 Å². The molecule has 2 unspecified atom stereocenters. The van der Waals surface area contributed by atoms with Gasteiger partial charge >= 0.3 is 0 Å². The van der Waals surface area contributed by atoms with Gasteiger partial charge in [-0.25, -0.2) is 0 Å². The third-order valence-corrected chi connectivity index (χ3v) is 4.66. The van der Waals surface area contributed by atoms with Gasteiger partial charge in [0.05, 0.1) is 0 Å². The summed E-state index contributed by atoms with van der Waals surface area (Å²) in [6.07, 6.45) is 3.50. The molecule has 4 heteroatoms. The third-order valence-electron chi connectivity index (χ3n) is 4.13. The van der Waals surface area contributed by atoms with Gasteiger partial charge in [-0.3, -0.25) is 4.79 Å². The van der Waals surface area contributed by atoms with Crippen molar-refractivity contribution in [2.45, 2.75) is 44.7 Å². The van der Waals surface area contributed by atoms with Crippen LogP contribution in [0.25, 0.3) is 0 Å². The monoisotopic (exact) mass is 338 g/mol. The summed E-state index contributed by atoms with van der Waals surface area (Å²) < 4.78 is 1.08. The second-order valence-electron chi connectivity index (χ2n) is 5.74. The highest BCUT2D eigenvalue weighted by Crippen LogP contribution is 2.16. The molecule has 3 nitrogen and oxygen atoms in total. The molecule has 2 atom stereocenters. The van der Waals surface area contributed by atoms with Gasteiger partial charge in [-0.2, -0.15) is 0 Å². The van der Waals surface area contributed by atoms with E-state index >= 15 is 0 Å². The zero-order valence-electron chi connectivity index (χ0n) is 12.2. The number of carbonyl (C=O) groups is 1. The first kappa shape index (κ1) is 15.5. The number of carbonyl (C=O) groups excluding carboxylic acids is 1. The first-order valence-corrected chi connectivity index (χ1v) is 8.08. The molecule has 1 aliphatic rings. The van der Waals surface area contributed by atoms with Crippen molar-refractivity contribution >= 4 is 21.8 Å². The van der Waals surface area contributed by atoms with E-state index < -0.39 is 0 Å². The summed E-state index contributed by atoms with van der Waals surface area (Å²) >= 11 is 3.42. The maximum atomic E-state index is 12.0. The summed E-state index contributed by atoms with van der Waals surface area (Å²) in [5, 5.41) is 3.18. The predicted octanol–water partition coefficient (Wildman–Crippen LogP) is 2.98. The normalized spacial score (nSPS) is 23.6. The lowest BCUT2D eigenvalue weighted by molar-refractivity contribution is -0.122. The molecular weight excluding hydrogens is 316 g/mol.